The van der Waals surface area contributed by atoms with E-state index in [1.54, 1.807) is 0 Å². The first-order chi connectivity index (χ1) is 10.7. The van der Waals surface area contributed by atoms with Gasteiger partial charge in [0.15, 0.2) is 0 Å². The Hall–Kier alpha value is -1.93. The summed E-state index contributed by atoms with van der Waals surface area (Å²) in [5, 5.41) is 3.40. The van der Waals surface area contributed by atoms with E-state index in [-0.39, 0.29) is 11.7 Å². The molecule has 0 radical (unpaired) electrons. The third kappa shape index (κ3) is 3.45. The predicted octanol–water partition coefficient (Wildman–Crippen LogP) is 3.68. The Labute approximate surface area is 132 Å². The zero-order chi connectivity index (χ0) is 15.4. The fraction of sp³-hybridized carbons (Fsp3) is 0.350. The van der Waals surface area contributed by atoms with Crippen molar-refractivity contribution in [2.45, 2.75) is 31.6 Å². The minimum atomic E-state index is -0.0418. The van der Waals surface area contributed by atoms with Gasteiger partial charge in [-0.2, -0.15) is 0 Å². The van der Waals surface area contributed by atoms with Gasteiger partial charge >= 0.3 is 0 Å². The highest BCUT2D eigenvalue weighted by atomic mass is 16.1. The van der Waals surface area contributed by atoms with Gasteiger partial charge in [-0.15, -0.1) is 0 Å². The van der Waals surface area contributed by atoms with Crippen molar-refractivity contribution >= 4 is 5.78 Å². The van der Waals surface area contributed by atoms with Gasteiger partial charge in [0, 0.05) is 18.9 Å². The summed E-state index contributed by atoms with van der Waals surface area (Å²) in [5.41, 5.74) is 3.60. The topological polar surface area (TPSA) is 29.1 Å². The largest absolute Gasteiger partial charge is 0.316 e. The van der Waals surface area contributed by atoms with E-state index in [1.807, 2.05) is 37.3 Å². The number of carbonyl (C=O) groups is 1. The summed E-state index contributed by atoms with van der Waals surface area (Å²) in [6, 6.07) is 18.6. The average molecular weight is 293 g/mol. The van der Waals surface area contributed by atoms with Gasteiger partial charge in [0.2, 0.25) is 0 Å². The van der Waals surface area contributed by atoms with Crippen molar-refractivity contribution in [3.63, 3.8) is 0 Å². The molecule has 1 aliphatic heterocycles. The van der Waals surface area contributed by atoms with Gasteiger partial charge in [0.05, 0.1) is 0 Å². The van der Waals surface area contributed by atoms with Crippen molar-refractivity contribution in [1.82, 2.24) is 5.32 Å². The third-order valence-corrected chi connectivity index (χ3v) is 4.67. The first-order valence-electron chi connectivity index (χ1n) is 8.11. The van der Waals surface area contributed by atoms with Gasteiger partial charge < -0.3 is 5.32 Å². The maximum Gasteiger partial charge on any atom is 0.144 e. The quantitative estimate of drug-likeness (QED) is 0.911. The van der Waals surface area contributed by atoms with Crippen LogP contribution >= 0.6 is 0 Å². The molecule has 3 rings (SSSR count). The first kappa shape index (κ1) is 15.0. The molecule has 0 aliphatic carbocycles. The number of carbonyl (C=O) groups excluding carboxylic acids is 1. The molecule has 0 amide bonds. The van der Waals surface area contributed by atoms with Crippen LogP contribution in [0.3, 0.4) is 0 Å². The molecule has 1 aliphatic rings. The van der Waals surface area contributed by atoms with E-state index in [4.69, 9.17) is 0 Å². The number of hydrogen-bond acceptors (Lipinski definition) is 2. The standard InChI is InChI=1S/C20H23NO/c1-15(17-5-3-2-4-6-17)20(22)13-16-7-9-18(10-8-16)19-11-12-21-14-19/h2-10,15,19,21H,11-14H2,1H3. The molecule has 2 atom stereocenters. The van der Waals surface area contributed by atoms with Crippen LogP contribution in [-0.2, 0) is 11.2 Å². The lowest BCUT2D eigenvalue weighted by atomic mass is 9.91. The normalized spacial score (nSPS) is 19.0. The fourth-order valence-electron chi connectivity index (χ4n) is 3.13. The molecule has 2 nitrogen and oxygen atoms in total. The molecule has 2 unspecified atom stereocenters. The van der Waals surface area contributed by atoms with Crippen LogP contribution in [-0.4, -0.2) is 18.9 Å². The minimum Gasteiger partial charge on any atom is -0.316 e. The number of rotatable bonds is 5. The van der Waals surface area contributed by atoms with E-state index in [1.165, 1.54) is 12.0 Å². The van der Waals surface area contributed by atoms with Crippen LogP contribution in [0.1, 0.15) is 41.9 Å². The van der Waals surface area contributed by atoms with E-state index in [0.717, 1.165) is 24.2 Å². The van der Waals surface area contributed by atoms with Gasteiger partial charge in [-0.25, -0.2) is 0 Å². The van der Waals surface area contributed by atoms with Crippen molar-refractivity contribution < 1.29 is 4.79 Å². The Balaban J connectivity index is 1.64. The molecule has 2 heteroatoms. The third-order valence-electron chi connectivity index (χ3n) is 4.67. The molecule has 1 fully saturated rings. The molecule has 114 valence electrons. The number of ketones is 1. The predicted molar refractivity (Wildman–Crippen MR) is 90.2 cm³/mol. The summed E-state index contributed by atoms with van der Waals surface area (Å²) in [6.45, 7) is 4.18. The molecule has 1 heterocycles. The summed E-state index contributed by atoms with van der Waals surface area (Å²) in [5.74, 6) is 0.870. The van der Waals surface area contributed by atoms with Crippen LogP contribution in [0.25, 0.3) is 0 Å². The summed E-state index contributed by atoms with van der Waals surface area (Å²) >= 11 is 0. The van der Waals surface area contributed by atoms with Crippen LogP contribution in [0.15, 0.2) is 54.6 Å². The first-order valence-corrected chi connectivity index (χ1v) is 8.11. The Morgan fingerprint density at radius 3 is 2.50 bits per heavy atom. The molecule has 1 saturated heterocycles. The SMILES string of the molecule is CC(C(=O)Cc1ccc(C2CCNC2)cc1)c1ccccc1. The van der Waals surface area contributed by atoms with Crippen LogP contribution in [0.5, 0.6) is 0 Å². The molecule has 0 aromatic heterocycles. The Morgan fingerprint density at radius 2 is 1.86 bits per heavy atom. The molecule has 0 saturated carbocycles. The molecule has 0 spiro atoms. The monoisotopic (exact) mass is 293 g/mol. The fourth-order valence-corrected chi connectivity index (χ4v) is 3.13. The molecular formula is C20H23NO. The second kappa shape index (κ2) is 6.89. The molecule has 0 bridgehead atoms. The summed E-state index contributed by atoms with van der Waals surface area (Å²) in [6.07, 6.45) is 1.72. The zero-order valence-electron chi connectivity index (χ0n) is 13.1. The van der Waals surface area contributed by atoms with Crippen molar-refractivity contribution in [3.05, 3.63) is 71.3 Å². The van der Waals surface area contributed by atoms with Gasteiger partial charge in [0.25, 0.3) is 0 Å². The Kier molecular flexibility index (Phi) is 4.69. The van der Waals surface area contributed by atoms with E-state index < -0.39 is 0 Å². The minimum absolute atomic E-state index is 0.0418. The molecule has 22 heavy (non-hydrogen) atoms. The lowest BCUT2D eigenvalue weighted by molar-refractivity contribution is -0.119. The maximum atomic E-state index is 12.4. The van der Waals surface area contributed by atoms with Crippen LogP contribution in [0, 0.1) is 0 Å². The van der Waals surface area contributed by atoms with E-state index in [0.29, 0.717) is 12.3 Å². The number of nitrogens with one attached hydrogen (secondary N) is 1. The van der Waals surface area contributed by atoms with Crippen molar-refractivity contribution in [1.29, 1.82) is 0 Å². The lowest BCUT2D eigenvalue weighted by Crippen LogP contribution is -2.12. The number of hydrogen-bond donors (Lipinski definition) is 1. The van der Waals surface area contributed by atoms with E-state index in [2.05, 4.69) is 29.6 Å². The average Bonchev–Trinajstić information content (AvgIpc) is 3.10. The second-order valence-electron chi connectivity index (χ2n) is 6.21. The molecule has 2 aromatic rings. The molecular weight excluding hydrogens is 270 g/mol. The smallest absolute Gasteiger partial charge is 0.144 e. The van der Waals surface area contributed by atoms with Gasteiger partial charge in [-0.05, 0) is 35.6 Å². The Bertz CT molecular complexity index is 612. The molecule has 1 N–H and O–H groups in total. The van der Waals surface area contributed by atoms with Gasteiger partial charge in [-0.1, -0.05) is 61.5 Å². The molecule has 2 aromatic carbocycles. The van der Waals surface area contributed by atoms with Crippen molar-refractivity contribution in [2.75, 3.05) is 13.1 Å². The highest BCUT2D eigenvalue weighted by Crippen LogP contribution is 2.23. The van der Waals surface area contributed by atoms with Crippen LogP contribution in [0.4, 0.5) is 0 Å². The highest BCUT2D eigenvalue weighted by molar-refractivity contribution is 5.87. The summed E-state index contributed by atoms with van der Waals surface area (Å²) in [4.78, 5) is 12.4. The van der Waals surface area contributed by atoms with Gasteiger partial charge in [-0.3, -0.25) is 4.79 Å². The summed E-state index contributed by atoms with van der Waals surface area (Å²) < 4.78 is 0. The number of benzene rings is 2. The van der Waals surface area contributed by atoms with Crippen LogP contribution in [0.2, 0.25) is 0 Å². The van der Waals surface area contributed by atoms with E-state index >= 15 is 0 Å². The van der Waals surface area contributed by atoms with Crippen molar-refractivity contribution in [3.8, 4) is 0 Å². The summed E-state index contributed by atoms with van der Waals surface area (Å²) in [7, 11) is 0. The van der Waals surface area contributed by atoms with Crippen LogP contribution < -0.4 is 5.32 Å². The maximum absolute atomic E-state index is 12.4. The van der Waals surface area contributed by atoms with Gasteiger partial charge in [0.1, 0.15) is 5.78 Å². The van der Waals surface area contributed by atoms with Crippen molar-refractivity contribution in [2.24, 2.45) is 0 Å². The lowest BCUT2D eigenvalue weighted by Gasteiger charge is -2.12. The Morgan fingerprint density at radius 1 is 1.14 bits per heavy atom. The zero-order valence-corrected chi connectivity index (χ0v) is 13.1. The second-order valence-corrected chi connectivity index (χ2v) is 6.21. The van der Waals surface area contributed by atoms with E-state index in [9.17, 15) is 4.79 Å². The highest BCUT2D eigenvalue weighted by Gasteiger charge is 2.18. The number of Topliss-reactive ketones (excluding diaryl/α,β-unsaturated/α-hetero) is 1.